The second kappa shape index (κ2) is 14.8. The molecule has 0 aromatic carbocycles. The average molecular weight is 303 g/mol. The van der Waals surface area contributed by atoms with E-state index >= 15 is 0 Å². The zero-order chi connectivity index (χ0) is 15.9. The third kappa shape index (κ3) is 14.5. The minimum Gasteiger partial charge on any atom is -0.389 e. The minimum absolute atomic E-state index is 0.394. The largest absolute Gasteiger partial charge is 0.389 e. The zero-order valence-electron chi connectivity index (χ0n) is 14.7. The van der Waals surface area contributed by atoms with Gasteiger partial charge in [-0.05, 0) is 27.3 Å². The van der Waals surface area contributed by atoms with Gasteiger partial charge in [0.15, 0.2) is 0 Å². The van der Waals surface area contributed by atoms with E-state index in [-0.39, 0.29) is 0 Å². The molecule has 0 aliphatic rings. The van der Waals surface area contributed by atoms with Gasteiger partial charge in [0.2, 0.25) is 0 Å². The number of nitrogens with zero attached hydrogens (tertiary/aromatic N) is 1. The van der Waals surface area contributed by atoms with Crippen LogP contribution in [-0.2, 0) is 4.74 Å². The summed E-state index contributed by atoms with van der Waals surface area (Å²) >= 11 is 0. The molecule has 0 spiro atoms. The molecule has 0 rings (SSSR count). The van der Waals surface area contributed by atoms with Crippen molar-refractivity contribution in [2.75, 3.05) is 39.9 Å². The van der Waals surface area contributed by atoms with E-state index in [9.17, 15) is 5.11 Å². The summed E-state index contributed by atoms with van der Waals surface area (Å²) in [4.78, 5) is 2.29. The quantitative estimate of drug-likeness (QED) is 0.457. The summed E-state index contributed by atoms with van der Waals surface area (Å²) in [5.74, 6) is 0. The number of likely N-dealkylation sites (N-methyl/N-ethyl adjacent to an activating group) is 1. The first kappa shape index (κ1) is 20.8. The summed E-state index contributed by atoms with van der Waals surface area (Å²) in [5.41, 5.74) is 0. The summed E-state index contributed by atoms with van der Waals surface area (Å²) < 4.78 is 5.52. The lowest BCUT2D eigenvalue weighted by Gasteiger charge is -2.21. The predicted octanol–water partition coefficient (Wildman–Crippen LogP) is 2.65. The summed E-state index contributed by atoms with van der Waals surface area (Å²) in [5, 5.41) is 13.1. The Morgan fingerprint density at radius 2 is 1.76 bits per heavy atom. The summed E-state index contributed by atoms with van der Waals surface area (Å²) in [7, 11) is 2.12. The Kier molecular flexibility index (Phi) is 14.7. The van der Waals surface area contributed by atoms with Gasteiger partial charge in [0.1, 0.15) is 0 Å². The summed E-state index contributed by atoms with van der Waals surface area (Å²) in [6.07, 6.45) is 7.26. The van der Waals surface area contributed by atoms with Gasteiger partial charge >= 0.3 is 0 Å². The molecule has 0 fully saturated rings. The van der Waals surface area contributed by atoms with Crippen molar-refractivity contribution in [1.82, 2.24) is 10.2 Å². The van der Waals surface area contributed by atoms with Crippen LogP contribution in [0.5, 0.6) is 0 Å². The number of nitrogens with one attached hydrogen (secondary N) is 1. The maximum absolute atomic E-state index is 9.80. The van der Waals surface area contributed by atoms with E-state index in [4.69, 9.17) is 4.74 Å². The van der Waals surface area contributed by atoms with Gasteiger partial charge < -0.3 is 20.1 Å². The lowest BCUT2D eigenvalue weighted by molar-refractivity contribution is 0.0352. The molecule has 0 amide bonds. The van der Waals surface area contributed by atoms with E-state index in [0.29, 0.717) is 19.2 Å². The van der Waals surface area contributed by atoms with Crippen molar-refractivity contribution >= 4 is 0 Å². The van der Waals surface area contributed by atoms with E-state index in [1.54, 1.807) is 0 Å². The molecule has 0 aliphatic carbocycles. The molecule has 1 unspecified atom stereocenters. The Balaban J connectivity index is 3.25. The molecule has 128 valence electrons. The second-order valence-corrected chi connectivity index (χ2v) is 6.27. The van der Waals surface area contributed by atoms with Crippen molar-refractivity contribution in [3.63, 3.8) is 0 Å². The molecule has 4 nitrogen and oxygen atoms in total. The Labute approximate surface area is 132 Å². The number of aliphatic hydroxyl groups is 1. The van der Waals surface area contributed by atoms with Crippen molar-refractivity contribution in [2.24, 2.45) is 0 Å². The first-order valence-corrected chi connectivity index (χ1v) is 8.74. The number of hydrogen-bond acceptors (Lipinski definition) is 4. The molecule has 21 heavy (non-hydrogen) atoms. The van der Waals surface area contributed by atoms with Gasteiger partial charge in [-0.1, -0.05) is 39.0 Å². The normalized spacial score (nSPS) is 13.3. The Hall–Kier alpha value is -0.160. The third-order valence-electron chi connectivity index (χ3n) is 3.86. The molecule has 0 bridgehead atoms. The zero-order valence-corrected chi connectivity index (χ0v) is 14.7. The molecule has 0 heterocycles. The van der Waals surface area contributed by atoms with Crippen LogP contribution in [0.15, 0.2) is 0 Å². The topological polar surface area (TPSA) is 44.7 Å². The van der Waals surface area contributed by atoms with E-state index in [1.165, 1.54) is 32.1 Å². The van der Waals surface area contributed by atoms with Crippen LogP contribution in [0.25, 0.3) is 0 Å². The number of unbranched alkanes of at least 4 members (excludes halogenated alkanes) is 5. The second-order valence-electron chi connectivity index (χ2n) is 6.27. The van der Waals surface area contributed by atoms with Gasteiger partial charge in [0.25, 0.3) is 0 Å². The fourth-order valence-electron chi connectivity index (χ4n) is 2.05. The van der Waals surface area contributed by atoms with E-state index in [1.807, 2.05) is 0 Å². The molecule has 0 saturated carbocycles. The molecule has 0 aliphatic heterocycles. The van der Waals surface area contributed by atoms with Gasteiger partial charge in [0, 0.05) is 32.3 Å². The Bertz CT molecular complexity index is 213. The molecular weight excluding hydrogens is 264 g/mol. The van der Waals surface area contributed by atoms with Gasteiger partial charge in [-0.15, -0.1) is 0 Å². The highest BCUT2D eigenvalue weighted by atomic mass is 16.5. The SMILES string of the molecule is CCCCCCCCOCC(O)CNCCN(C)C(C)C. The fourth-order valence-corrected chi connectivity index (χ4v) is 2.05. The molecule has 0 radical (unpaired) electrons. The molecule has 0 saturated heterocycles. The molecule has 4 heteroatoms. The highest BCUT2D eigenvalue weighted by Gasteiger charge is 2.05. The van der Waals surface area contributed by atoms with Crippen molar-refractivity contribution in [3.8, 4) is 0 Å². The Morgan fingerprint density at radius 3 is 2.43 bits per heavy atom. The molecule has 0 aromatic rings. The van der Waals surface area contributed by atoms with Gasteiger partial charge in [-0.3, -0.25) is 0 Å². The number of rotatable bonds is 15. The lowest BCUT2D eigenvalue weighted by atomic mass is 10.1. The number of ether oxygens (including phenoxy) is 1. The summed E-state index contributed by atoms with van der Waals surface area (Å²) in [6.45, 7) is 10.4. The highest BCUT2D eigenvalue weighted by Crippen LogP contribution is 2.04. The number of hydrogen-bond donors (Lipinski definition) is 2. The van der Waals surface area contributed by atoms with E-state index in [0.717, 1.165) is 26.1 Å². The monoisotopic (exact) mass is 302 g/mol. The molecule has 2 N–H and O–H groups in total. The average Bonchev–Trinajstić information content (AvgIpc) is 2.46. The van der Waals surface area contributed by atoms with Crippen LogP contribution in [0.1, 0.15) is 59.3 Å². The van der Waals surface area contributed by atoms with Crippen LogP contribution >= 0.6 is 0 Å². The van der Waals surface area contributed by atoms with Crippen LogP contribution in [0.2, 0.25) is 0 Å². The van der Waals surface area contributed by atoms with Crippen LogP contribution in [0.4, 0.5) is 0 Å². The molecule has 1 atom stereocenters. The molecular formula is C17H38N2O2. The van der Waals surface area contributed by atoms with Crippen molar-refractivity contribution in [1.29, 1.82) is 0 Å². The van der Waals surface area contributed by atoms with Crippen LogP contribution in [0, 0.1) is 0 Å². The first-order chi connectivity index (χ1) is 10.1. The van der Waals surface area contributed by atoms with Crippen LogP contribution in [-0.4, -0.2) is 62.0 Å². The minimum atomic E-state index is -0.394. The summed E-state index contributed by atoms with van der Waals surface area (Å²) in [6, 6.07) is 0.567. The van der Waals surface area contributed by atoms with Crippen molar-refractivity contribution in [2.45, 2.75) is 71.4 Å². The van der Waals surface area contributed by atoms with E-state index in [2.05, 4.69) is 38.0 Å². The lowest BCUT2D eigenvalue weighted by Crippen LogP contribution is -2.37. The first-order valence-electron chi connectivity index (χ1n) is 8.74. The Morgan fingerprint density at radius 1 is 1.10 bits per heavy atom. The van der Waals surface area contributed by atoms with Gasteiger partial charge in [-0.25, -0.2) is 0 Å². The van der Waals surface area contributed by atoms with Crippen molar-refractivity contribution < 1.29 is 9.84 Å². The molecule has 0 aromatic heterocycles. The highest BCUT2D eigenvalue weighted by molar-refractivity contribution is 4.62. The number of aliphatic hydroxyl groups excluding tert-OH is 1. The smallest absolute Gasteiger partial charge is 0.0897 e. The predicted molar refractivity (Wildman–Crippen MR) is 90.8 cm³/mol. The maximum Gasteiger partial charge on any atom is 0.0897 e. The van der Waals surface area contributed by atoms with Crippen LogP contribution < -0.4 is 5.32 Å². The van der Waals surface area contributed by atoms with E-state index < -0.39 is 6.10 Å². The maximum atomic E-state index is 9.80. The fraction of sp³-hybridized carbons (Fsp3) is 1.00. The van der Waals surface area contributed by atoms with Crippen LogP contribution in [0.3, 0.4) is 0 Å². The standard InChI is InChI=1S/C17H38N2O2/c1-5-6-7-8-9-10-13-21-15-17(20)14-18-11-12-19(4)16(2)3/h16-18,20H,5-15H2,1-4H3. The van der Waals surface area contributed by atoms with Crippen molar-refractivity contribution in [3.05, 3.63) is 0 Å². The third-order valence-corrected chi connectivity index (χ3v) is 3.86. The van der Waals surface area contributed by atoms with Gasteiger partial charge in [0.05, 0.1) is 12.7 Å². The van der Waals surface area contributed by atoms with Gasteiger partial charge in [-0.2, -0.15) is 0 Å².